The quantitative estimate of drug-likeness (QED) is 0.0907. The Kier molecular flexibility index (Phi) is 12.9. The van der Waals surface area contributed by atoms with Crippen LogP contribution in [0.25, 0.3) is 0 Å². The van der Waals surface area contributed by atoms with Crippen molar-refractivity contribution >= 4 is 93.5 Å². The van der Waals surface area contributed by atoms with E-state index in [4.69, 9.17) is 88.6 Å². The van der Waals surface area contributed by atoms with Crippen molar-refractivity contribution in [2.45, 2.75) is 79.1 Å². The fourth-order valence-corrected chi connectivity index (χ4v) is 8.06. The van der Waals surface area contributed by atoms with Crippen molar-refractivity contribution in [2.75, 3.05) is 13.2 Å². The zero-order valence-corrected chi connectivity index (χ0v) is 31.4. The Hall–Kier alpha value is -1.94. The number of carbonyl (C=O) groups is 4. The van der Waals surface area contributed by atoms with Crippen LogP contribution in [0.15, 0.2) is 12.1 Å². The molecule has 8 nitrogen and oxygen atoms in total. The van der Waals surface area contributed by atoms with Crippen molar-refractivity contribution in [3.8, 4) is 11.5 Å². The van der Waals surface area contributed by atoms with Crippen LogP contribution in [0.2, 0.25) is 30.1 Å². The predicted octanol–water partition coefficient (Wildman–Crippen LogP) is 10.9. The average Bonchev–Trinajstić information content (AvgIpc) is 3.01. The molecule has 2 aliphatic rings. The molecule has 2 saturated carbocycles. The monoisotopic (exact) mass is 782 g/mol. The predicted molar refractivity (Wildman–Crippen MR) is 186 cm³/mol. The largest absolute Gasteiger partial charge is 0.462 e. The molecule has 0 spiro atoms. The van der Waals surface area contributed by atoms with Crippen LogP contribution < -0.4 is 9.47 Å². The van der Waals surface area contributed by atoms with Crippen LogP contribution in [0.5, 0.6) is 11.5 Å². The van der Waals surface area contributed by atoms with E-state index in [-0.39, 0.29) is 54.2 Å². The van der Waals surface area contributed by atoms with Gasteiger partial charge in [-0.05, 0) is 73.3 Å². The molecule has 3 unspecified atom stereocenters. The Labute approximate surface area is 309 Å². The van der Waals surface area contributed by atoms with E-state index in [9.17, 15) is 19.2 Å². The summed E-state index contributed by atoms with van der Waals surface area (Å²) in [6, 6.07) is 2.27. The molecular weight excluding hydrogens is 749 g/mol. The highest BCUT2D eigenvalue weighted by Gasteiger charge is 2.42. The van der Waals surface area contributed by atoms with Gasteiger partial charge in [-0.2, -0.15) is 0 Å². The van der Waals surface area contributed by atoms with Crippen LogP contribution in [0, 0.1) is 22.7 Å². The molecule has 14 heteroatoms. The number of esters is 4. The topological polar surface area (TPSA) is 105 Å². The van der Waals surface area contributed by atoms with Gasteiger partial charge in [-0.3, -0.25) is 0 Å². The summed E-state index contributed by atoms with van der Waals surface area (Å²) in [5, 5.41) is -1.46. The highest BCUT2D eigenvalue weighted by Crippen LogP contribution is 2.51. The highest BCUT2D eigenvalue weighted by atomic mass is 35.5. The summed E-state index contributed by atoms with van der Waals surface area (Å²) in [6.45, 7) is 8.65. The molecule has 4 rings (SSSR count). The maximum absolute atomic E-state index is 13.2. The van der Waals surface area contributed by atoms with Crippen LogP contribution >= 0.6 is 69.6 Å². The molecule has 0 aromatic heterocycles. The summed E-state index contributed by atoms with van der Waals surface area (Å²) >= 11 is 37.5. The summed E-state index contributed by atoms with van der Waals surface area (Å²) in [6.07, 6.45) is 7.51. The number of hydrogen-bond donors (Lipinski definition) is 0. The molecule has 0 bridgehead atoms. The Morgan fingerprint density at radius 3 is 1.29 bits per heavy atom. The van der Waals surface area contributed by atoms with Gasteiger partial charge in [0.25, 0.3) is 0 Å². The first-order valence-electron chi connectivity index (χ1n) is 15.7. The average molecular weight is 785 g/mol. The molecule has 4 atom stereocenters. The lowest BCUT2D eigenvalue weighted by Gasteiger charge is -2.47. The lowest BCUT2D eigenvalue weighted by Crippen LogP contribution is -2.38. The summed E-state index contributed by atoms with van der Waals surface area (Å²) in [7, 11) is 0. The van der Waals surface area contributed by atoms with Gasteiger partial charge in [0.1, 0.15) is 11.1 Å². The van der Waals surface area contributed by atoms with E-state index in [2.05, 4.69) is 27.7 Å². The van der Waals surface area contributed by atoms with Crippen molar-refractivity contribution < 1.29 is 38.1 Å². The summed E-state index contributed by atoms with van der Waals surface area (Å²) in [5.41, 5.74) is -0.839. The van der Waals surface area contributed by atoms with Crippen LogP contribution in [0.1, 0.15) is 99.8 Å². The smallest absolute Gasteiger partial charge is 0.423 e. The second-order valence-electron chi connectivity index (χ2n) is 12.9. The third kappa shape index (κ3) is 8.16. The van der Waals surface area contributed by atoms with Gasteiger partial charge >= 0.3 is 23.9 Å². The Morgan fingerprint density at radius 2 is 1.00 bits per heavy atom. The Bertz CT molecular complexity index is 1490. The third-order valence-electron chi connectivity index (χ3n) is 10.1. The summed E-state index contributed by atoms with van der Waals surface area (Å²) in [5.74, 6) is -5.30. The normalized spacial score (nSPS) is 23.0. The van der Waals surface area contributed by atoms with Crippen LogP contribution in [0.3, 0.4) is 0 Å². The fourth-order valence-electron chi connectivity index (χ4n) is 6.62. The zero-order chi connectivity index (χ0) is 35.6. The van der Waals surface area contributed by atoms with Crippen molar-refractivity contribution in [3.63, 3.8) is 0 Å². The fraction of sp³-hybridized carbons (Fsp3) is 0.529. The van der Waals surface area contributed by atoms with Gasteiger partial charge in [-0.1, -0.05) is 110 Å². The number of halogens is 6. The SMILES string of the molecule is CCC1CCC1(C)CCOC(=O)c1c(Cl)c(Cl)cc(Cl)c1OC(=O)C(=O)Oc1c(Cl)cc(Cl)c(Cl)c1C(=O)OCCC1(C)CC[C@H]1CC. The van der Waals surface area contributed by atoms with Crippen LogP contribution in [-0.4, -0.2) is 37.1 Å². The summed E-state index contributed by atoms with van der Waals surface area (Å²) in [4.78, 5) is 52.4. The molecule has 2 aromatic rings. The molecule has 262 valence electrons. The maximum Gasteiger partial charge on any atom is 0.423 e. The number of benzene rings is 2. The number of carbonyl (C=O) groups excluding carboxylic acids is 4. The van der Waals surface area contributed by atoms with E-state index >= 15 is 0 Å². The van der Waals surface area contributed by atoms with E-state index in [0.717, 1.165) is 50.7 Å². The summed E-state index contributed by atoms with van der Waals surface area (Å²) < 4.78 is 21.4. The molecule has 0 aliphatic heterocycles. The number of rotatable bonds is 12. The zero-order valence-electron chi connectivity index (χ0n) is 26.9. The van der Waals surface area contributed by atoms with Gasteiger partial charge in [0.2, 0.25) is 0 Å². The standard InChI is InChI=1S/C34H36Cl6O8/c1-5-17-7-9-33(17,3)11-13-45-29(41)23-25(39)19(35)15-21(37)27(23)47-31(43)32(44)48-28-22(38)16-20(36)26(40)24(28)30(42)46-14-12-34(4)10-8-18(34)6-2/h15-18H,5-14H2,1-4H3/t17-,18?,33?,34?/m1/s1. The van der Waals surface area contributed by atoms with Gasteiger partial charge in [0.15, 0.2) is 11.5 Å². The minimum absolute atomic E-state index is 0.0356. The van der Waals surface area contributed by atoms with E-state index in [0.29, 0.717) is 24.7 Å². The molecule has 2 aromatic carbocycles. The molecule has 0 heterocycles. The molecule has 0 radical (unpaired) electrons. The van der Waals surface area contributed by atoms with Gasteiger partial charge in [0, 0.05) is 0 Å². The maximum atomic E-state index is 13.2. The minimum atomic E-state index is -1.64. The first-order chi connectivity index (χ1) is 22.6. The molecule has 0 saturated heterocycles. The van der Waals surface area contributed by atoms with E-state index < -0.39 is 46.5 Å². The second kappa shape index (κ2) is 15.9. The van der Waals surface area contributed by atoms with E-state index in [1.54, 1.807) is 0 Å². The van der Waals surface area contributed by atoms with Crippen molar-refractivity contribution in [1.82, 2.24) is 0 Å². The molecule has 0 amide bonds. The number of ether oxygens (including phenoxy) is 4. The molecule has 2 aliphatic carbocycles. The van der Waals surface area contributed by atoms with Crippen LogP contribution in [0.4, 0.5) is 0 Å². The van der Waals surface area contributed by atoms with Crippen molar-refractivity contribution in [3.05, 3.63) is 53.4 Å². The number of hydrogen-bond acceptors (Lipinski definition) is 8. The molecule has 48 heavy (non-hydrogen) atoms. The van der Waals surface area contributed by atoms with Gasteiger partial charge in [0.05, 0.1) is 43.3 Å². The first-order valence-corrected chi connectivity index (χ1v) is 18.0. The molecule has 0 N–H and O–H groups in total. The van der Waals surface area contributed by atoms with E-state index in [1.807, 2.05) is 0 Å². The Morgan fingerprint density at radius 1 is 0.646 bits per heavy atom. The van der Waals surface area contributed by atoms with Crippen molar-refractivity contribution in [2.24, 2.45) is 22.7 Å². The highest BCUT2D eigenvalue weighted by molar-refractivity contribution is 6.47. The van der Waals surface area contributed by atoms with Gasteiger partial charge in [-0.25, -0.2) is 19.2 Å². The van der Waals surface area contributed by atoms with Crippen LogP contribution in [-0.2, 0) is 19.1 Å². The van der Waals surface area contributed by atoms with Crippen molar-refractivity contribution in [1.29, 1.82) is 0 Å². The second-order valence-corrected chi connectivity index (χ2v) is 15.2. The van der Waals surface area contributed by atoms with Gasteiger partial charge in [-0.15, -0.1) is 0 Å². The van der Waals surface area contributed by atoms with Gasteiger partial charge < -0.3 is 18.9 Å². The minimum Gasteiger partial charge on any atom is -0.462 e. The lowest BCUT2D eigenvalue weighted by molar-refractivity contribution is -0.156. The molecule has 2 fully saturated rings. The molecular formula is C34H36Cl6O8. The third-order valence-corrected chi connectivity index (χ3v) is 12.3. The Balaban J connectivity index is 1.50. The lowest BCUT2D eigenvalue weighted by atomic mass is 9.59. The van der Waals surface area contributed by atoms with E-state index in [1.165, 1.54) is 0 Å². The first kappa shape index (κ1) is 38.9.